The van der Waals surface area contributed by atoms with Crippen LogP contribution in [-0.2, 0) is 16.6 Å². The Morgan fingerprint density at radius 2 is 1.74 bits per heavy atom. The summed E-state index contributed by atoms with van der Waals surface area (Å²) >= 11 is 0. The van der Waals surface area contributed by atoms with E-state index in [-0.39, 0.29) is 16.8 Å². The normalized spacial score (nSPS) is 13.9. The number of hydrogen-bond acceptors (Lipinski definition) is 4. The lowest BCUT2D eigenvalue weighted by molar-refractivity contribution is 0.0784. The van der Waals surface area contributed by atoms with Crippen molar-refractivity contribution in [3.8, 4) is 5.69 Å². The van der Waals surface area contributed by atoms with E-state index in [0.717, 1.165) is 35.5 Å². The Labute approximate surface area is 182 Å². The number of benzene rings is 2. The largest absolute Gasteiger partial charge is 0.337 e. The van der Waals surface area contributed by atoms with E-state index in [1.54, 1.807) is 24.1 Å². The molecule has 1 aromatic heterocycles. The van der Waals surface area contributed by atoms with Crippen LogP contribution in [0.15, 0.2) is 59.5 Å². The molecule has 4 rings (SSSR count). The van der Waals surface area contributed by atoms with E-state index in [0.29, 0.717) is 12.1 Å². The van der Waals surface area contributed by atoms with Gasteiger partial charge >= 0.3 is 0 Å². The smallest absolute Gasteiger partial charge is 0.253 e. The summed E-state index contributed by atoms with van der Waals surface area (Å²) in [4.78, 5) is 14.7. The molecule has 1 aliphatic rings. The number of nitrogens with one attached hydrogen (secondary N) is 1. The monoisotopic (exact) mass is 438 g/mol. The molecule has 1 saturated carbocycles. The molecule has 0 saturated heterocycles. The summed E-state index contributed by atoms with van der Waals surface area (Å²) in [5, 5.41) is 4.64. The van der Waals surface area contributed by atoms with Gasteiger partial charge < -0.3 is 4.90 Å². The van der Waals surface area contributed by atoms with E-state index in [2.05, 4.69) is 9.82 Å². The van der Waals surface area contributed by atoms with Crippen molar-refractivity contribution in [3.63, 3.8) is 0 Å². The second-order valence-electron chi connectivity index (χ2n) is 7.98. The second-order valence-corrected chi connectivity index (χ2v) is 9.69. The predicted octanol–water partition coefficient (Wildman–Crippen LogP) is 3.20. The van der Waals surface area contributed by atoms with E-state index in [9.17, 15) is 13.2 Å². The summed E-state index contributed by atoms with van der Waals surface area (Å²) in [5.41, 5.74) is 4.26. The van der Waals surface area contributed by atoms with Crippen molar-refractivity contribution in [2.75, 3.05) is 7.05 Å². The third-order valence-corrected chi connectivity index (χ3v) is 7.03. The second kappa shape index (κ2) is 8.28. The average Bonchev–Trinajstić information content (AvgIpc) is 3.53. The Bertz CT molecular complexity index is 1200. The van der Waals surface area contributed by atoms with Crippen LogP contribution in [0.1, 0.15) is 40.2 Å². The van der Waals surface area contributed by atoms with E-state index in [1.807, 2.05) is 48.9 Å². The summed E-state index contributed by atoms with van der Waals surface area (Å²) < 4.78 is 29.2. The van der Waals surface area contributed by atoms with Crippen molar-refractivity contribution >= 4 is 15.9 Å². The zero-order valence-corrected chi connectivity index (χ0v) is 18.7. The third kappa shape index (κ3) is 4.55. The van der Waals surface area contributed by atoms with Crippen LogP contribution in [0.4, 0.5) is 0 Å². The van der Waals surface area contributed by atoms with Crippen molar-refractivity contribution in [3.05, 3.63) is 77.1 Å². The zero-order chi connectivity index (χ0) is 22.2. The van der Waals surface area contributed by atoms with Crippen molar-refractivity contribution < 1.29 is 13.2 Å². The number of amides is 1. The molecule has 1 fully saturated rings. The highest BCUT2D eigenvalue weighted by Crippen LogP contribution is 2.23. The van der Waals surface area contributed by atoms with Crippen LogP contribution in [0.2, 0.25) is 0 Å². The van der Waals surface area contributed by atoms with Gasteiger partial charge in [0.25, 0.3) is 5.91 Å². The summed E-state index contributed by atoms with van der Waals surface area (Å²) in [5.74, 6) is -0.176. The lowest BCUT2D eigenvalue weighted by Gasteiger charge is -2.18. The first-order valence-corrected chi connectivity index (χ1v) is 11.7. The summed E-state index contributed by atoms with van der Waals surface area (Å²) in [6, 6.07) is 16.0. The quantitative estimate of drug-likeness (QED) is 0.614. The first-order valence-electron chi connectivity index (χ1n) is 10.2. The summed E-state index contributed by atoms with van der Waals surface area (Å²) in [6.45, 7) is 4.34. The van der Waals surface area contributed by atoms with Gasteiger partial charge in [0.05, 0.1) is 16.3 Å². The highest BCUT2D eigenvalue weighted by Gasteiger charge is 2.28. The number of carbonyl (C=O) groups is 1. The number of sulfonamides is 1. The van der Waals surface area contributed by atoms with Crippen LogP contribution >= 0.6 is 0 Å². The molecule has 2 aromatic carbocycles. The highest BCUT2D eigenvalue weighted by molar-refractivity contribution is 7.89. The fraction of sp³-hybridized carbons (Fsp3) is 0.304. The molecular formula is C23H26N4O3S. The minimum atomic E-state index is -3.53. The van der Waals surface area contributed by atoms with Gasteiger partial charge in [0.2, 0.25) is 10.0 Å². The molecule has 8 heteroatoms. The van der Waals surface area contributed by atoms with Gasteiger partial charge in [-0.1, -0.05) is 18.2 Å². The van der Waals surface area contributed by atoms with Crippen LogP contribution in [0.25, 0.3) is 5.69 Å². The van der Waals surface area contributed by atoms with Gasteiger partial charge in [0.15, 0.2) is 0 Å². The minimum absolute atomic E-state index is 0.0423. The third-order valence-electron chi connectivity index (χ3n) is 5.49. The molecule has 0 bridgehead atoms. The molecule has 0 aliphatic heterocycles. The van der Waals surface area contributed by atoms with Gasteiger partial charge in [-0.3, -0.25) is 4.79 Å². The van der Waals surface area contributed by atoms with Crippen molar-refractivity contribution in [2.45, 2.75) is 44.2 Å². The molecule has 1 amide bonds. The van der Waals surface area contributed by atoms with Crippen LogP contribution < -0.4 is 4.72 Å². The maximum atomic E-state index is 12.9. The van der Waals surface area contributed by atoms with Crippen LogP contribution in [0.3, 0.4) is 0 Å². The van der Waals surface area contributed by atoms with E-state index in [1.165, 1.54) is 12.1 Å². The predicted molar refractivity (Wildman–Crippen MR) is 119 cm³/mol. The van der Waals surface area contributed by atoms with E-state index < -0.39 is 10.0 Å². The molecule has 0 unspecified atom stereocenters. The minimum Gasteiger partial charge on any atom is -0.337 e. The van der Waals surface area contributed by atoms with Crippen LogP contribution in [-0.4, -0.2) is 42.1 Å². The molecule has 0 radical (unpaired) electrons. The maximum absolute atomic E-state index is 12.9. The first kappa shape index (κ1) is 21.3. The van der Waals surface area contributed by atoms with Crippen molar-refractivity contribution in [1.29, 1.82) is 0 Å². The van der Waals surface area contributed by atoms with Crippen molar-refractivity contribution in [1.82, 2.24) is 19.4 Å². The number of aromatic nitrogens is 2. The Kier molecular flexibility index (Phi) is 5.68. The molecule has 162 valence electrons. The highest BCUT2D eigenvalue weighted by atomic mass is 32.2. The Hall–Kier alpha value is -2.97. The molecule has 0 atom stereocenters. The van der Waals surface area contributed by atoms with Gasteiger partial charge in [0.1, 0.15) is 0 Å². The van der Waals surface area contributed by atoms with E-state index >= 15 is 0 Å². The SMILES string of the molecule is Cc1nn(-c2ccccc2)c(C)c1CN(C)C(=O)c1ccc(S(=O)(=O)NC2CC2)cc1. The number of hydrogen-bond donors (Lipinski definition) is 1. The average molecular weight is 439 g/mol. The number of aryl methyl sites for hydroxylation is 1. The lowest BCUT2D eigenvalue weighted by atomic mass is 10.1. The number of rotatable bonds is 7. The molecule has 1 heterocycles. The standard InChI is InChI=1S/C23H26N4O3S/c1-16-22(17(2)27(24-16)20-7-5-4-6-8-20)15-26(3)23(28)18-9-13-21(14-10-18)31(29,30)25-19-11-12-19/h4-10,13-14,19,25H,11-12,15H2,1-3H3. The summed E-state index contributed by atoms with van der Waals surface area (Å²) in [7, 11) is -1.79. The van der Waals surface area contributed by atoms with Gasteiger partial charge in [-0.05, 0) is 63.1 Å². The molecule has 1 aliphatic carbocycles. The van der Waals surface area contributed by atoms with Crippen LogP contribution in [0, 0.1) is 13.8 Å². The fourth-order valence-corrected chi connectivity index (χ4v) is 4.82. The zero-order valence-electron chi connectivity index (χ0n) is 17.9. The van der Waals surface area contributed by atoms with E-state index in [4.69, 9.17) is 0 Å². The molecular weight excluding hydrogens is 412 g/mol. The molecule has 7 nitrogen and oxygen atoms in total. The van der Waals surface area contributed by atoms with Crippen molar-refractivity contribution in [2.24, 2.45) is 0 Å². The number of para-hydroxylation sites is 1. The molecule has 1 N–H and O–H groups in total. The molecule has 0 spiro atoms. The molecule has 31 heavy (non-hydrogen) atoms. The van der Waals surface area contributed by atoms with Gasteiger partial charge in [-0.15, -0.1) is 0 Å². The topological polar surface area (TPSA) is 84.3 Å². The fourth-order valence-electron chi connectivity index (χ4n) is 3.52. The maximum Gasteiger partial charge on any atom is 0.253 e. The van der Waals surface area contributed by atoms with Gasteiger partial charge in [0, 0.05) is 36.5 Å². The number of carbonyl (C=O) groups excluding carboxylic acids is 1. The van der Waals surface area contributed by atoms with Gasteiger partial charge in [-0.25, -0.2) is 17.8 Å². The van der Waals surface area contributed by atoms with Crippen LogP contribution in [0.5, 0.6) is 0 Å². The summed E-state index contributed by atoms with van der Waals surface area (Å²) in [6.07, 6.45) is 1.75. The Morgan fingerprint density at radius 3 is 2.35 bits per heavy atom. The number of nitrogens with zero attached hydrogens (tertiary/aromatic N) is 3. The Balaban J connectivity index is 1.49. The Morgan fingerprint density at radius 1 is 1.10 bits per heavy atom. The van der Waals surface area contributed by atoms with Gasteiger partial charge in [-0.2, -0.15) is 5.10 Å². The first-order chi connectivity index (χ1) is 14.8. The lowest BCUT2D eigenvalue weighted by Crippen LogP contribution is -2.27. The molecule has 3 aromatic rings.